The third-order valence-electron chi connectivity index (χ3n) is 3.16. The number of hydrogen-bond acceptors (Lipinski definition) is 3. The average Bonchev–Trinajstić information content (AvgIpc) is 2.55. The molecule has 0 atom stereocenters. The number of fused-ring (bicyclic) bond motifs is 1. The Balaban J connectivity index is 1.78. The van der Waals surface area contributed by atoms with Gasteiger partial charge in [-0.05, 0) is 40.2 Å². The first-order chi connectivity index (χ1) is 11.1. The van der Waals surface area contributed by atoms with Crippen molar-refractivity contribution in [2.24, 2.45) is 0 Å². The lowest BCUT2D eigenvalue weighted by Gasteiger charge is -2.12. The van der Waals surface area contributed by atoms with Crippen molar-refractivity contribution in [1.29, 1.82) is 0 Å². The zero-order chi connectivity index (χ0) is 16.2. The van der Waals surface area contributed by atoms with Crippen LogP contribution in [0.1, 0.15) is 0 Å². The second-order valence-electron chi connectivity index (χ2n) is 4.77. The summed E-state index contributed by atoms with van der Waals surface area (Å²) in [4.78, 5) is 16.4. The smallest absolute Gasteiger partial charge is 0.262 e. The number of hydrogen-bond donors (Lipinski definition) is 1. The van der Waals surface area contributed by atoms with E-state index < -0.39 is 0 Å². The van der Waals surface area contributed by atoms with Gasteiger partial charge in [-0.2, -0.15) is 0 Å². The Morgan fingerprint density at radius 1 is 1.09 bits per heavy atom. The zero-order valence-corrected chi connectivity index (χ0v) is 15.1. The van der Waals surface area contributed by atoms with Crippen molar-refractivity contribution in [3.8, 4) is 5.75 Å². The van der Waals surface area contributed by atoms with Gasteiger partial charge < -0.3 is 10.1 Å². The minimum Gasteiger partial charge on any atom is -0.480 e. The van der Waals surface area contributed by atoms with Crippen molar-refractivity contribution in [1.82, 2.24) is 4.98 Å². The van der Waals surface area contributed by atoms with E-state index >= 15 is 0 Å². The van der Waals surface area contributed by atoms with Crippen LogP contribution in [0.15, 0.2) is 63.7 Å². The fraction of sp³-hybridized carbons (Fsp3) is 0.0588. The summed E-state index contributed by atoms with van der Waals surface area (Å²) in [5, 5.41) is 3.71. The molecule has 23 heavy (non-hydrogen) atoms. The van der Waals surface area contributed by atoms with Gasteiger partial charge in [0.05, 0.1) is 4.47 Å². The van der Waals surface area contributed by atoms with Crippen LogP contribution in [-0.4, -0.2) is 17.5 Å². The maximum atomic E-state index is 12.0. The molecular formula is C17H12Br2N2O2. The number of nitrogens with zero attached hydrogens (tertiary/aromatic N) is 1. The summed E-state index contributed by atoms with van der Waals surface area (Å²) < 4.78 is 7.35. The van der Waals surface area contributed by atoms with Crippen molar-refractivity contribution in [2.45, 2.75) is 0 Å². The molecule has 3 rings (SSSR count). The molecular weight excluding hydrogens is 424 g/mol. The molecule has 0 aliphatic heterocycles. The van der Waals surface area contributed by atoms with Crippen LogP contribution in [-0.2, 0) is 4.79 Å². The summed E-state index contributed by atoms with van der Waals surface area (Å²) in [5.41, 5.74) is 1.43. The first-order valence-electron chi connectivity index (χ1n) is 6.85. The van der Waals surface area contributed by atoms with Crippen LogP contribution in [0.3, 0.4) is 0 Å². The SMILES string of the molecule is O=C(COc1c(Br)cc(Br)c2cccnc12)Nc1ccccc1. The summed E-state index contributed by atoms with van der Waals surface area (Å²) in [6.07, 6.45) is 1.69. The summed E-state index contributed by atoms with van der Waals surface area (Å²) in [6, 6.07) is 14.9. The highest BCUT2D eigenvalue weighted by Gasteiger charge is 2.13. The Labute approximate surface area is 150 Å². The molecule has 0 bridgehead atoms. The molecule has 1 aromatic heterocycles. The van der Waals surface area contributed by atoms with E-state index in [1.165, 1.54) is 0 Å². The van der Waals surface area contributed by atoms with Gasteiger partial charge in [0.1, 0.15) is 5.52 Å². The highest BCUT2D eigenvalue weighted by atomic mass is 79.9. The van der Waals surface area contributed by atoms with E-state index in [-0.39, 0.29) is 12.5 Å². The minimum absolute atomic E-state index is 0.0964. The highest BCUT2D eigenvalue weighted by Crippen LogP contribution is 2.37. The molecule has 3 aromatic rings. The molecule has 0 saturated heterocycles. The summed E-state index contributed by atoms with van der Waals surface area (Å²) >= 11 is 6.96. The molecule has 1 heterocycles. The van der Waals surface area contributed by atoms with Gasteiger partial charge in [-0.1, -0.05) is 40.2 Å². The van der Waals surface area contributed by atoms with Gasteiger partial charge in [0.15, 0.2) is 12.4 Å². The number of rotatable bonds is 4. The van der Waals surface area contributed by atoms with Gasteiger partial charge >= 0.3 is 0 Å². The number of benzene rings is 2. The minimum atomic E-state index is -0.227. The molecule has 0 unspecified atom stereocenters. The quantitative estimate of drug-likeness (QED) is 0.641. The zero-order valence-electron chi connectivity index (χ0n) is 11.9. The third-order valence-corrected chi connectivity index (χ3v) is 4.40. The van der Waals surface area contributed by atoms with E-state index in [0.29, 0.717) is 11.3 Å². The fourth-order valence-corrected chi connectivity index (χ4v) is 3.53. The van der Waals surface area contributed by atoms with Crippen LogP contribution in [0.5, 0.6) is 5.75 Å². The Hall–Kier alpha value is -1.92. The van der Waals surface area contributed by atoms with Crippen LogP contribution in [0.4, 0.5) is 5.69 Å². The van der Waals surface area contributed by atoms with Gasteiger partial charge in [-0.3, -0.25) is 9.78 Å². The Bertz CT molecular complexity index is 854. The van der Waals surface area contributed by atoms with E-state index in [1.807, 2.05) is 48.5 Å². The first kappa shape index (κ1) is 16.0. The summed E-state index contributed by atoms with van der Waals surface area (Å²) in [6.45, 7) is -0.0964. The first-order valence-corrected chi connectivity index (χ1v) is 8.44. The van der Waals surface area contributed by atoms with Crippen LogP contribution in [0.2, 0.25) is 0 Å². The molecule has 4 nitrogen and oxygen atoms in total. The third kappa shape index (κ3) is 3.71. The van der Waals surface area contributed by atoms with Gasteiger partial charge in [0.25, 0.3) is 5.91 Å². The van der Waals surface area contributed by atoms with E-state index in [1.54, 1.807) is 6.20 Å². The second-order valence-corrected chi connectivity index (χ2v) is 6.48. The number of amides is 1. The van der Waals surface area contributed by atoms with Crippen molar-refractivity contribution in [2.75, 3.05) is 11.9 Å². The van der Waals surface area contributed by atoms with E-state index in [2.05, 4.69) is 42.2 Å². The van der Waals surface area contributed by atoms with Crippen molar-refractivity contribution >= 4 is 54.4 Å². The standard InChI is InChI=1S/C17H12Br2N2O2/c18-13-9-14(19)17(16-12(13)7-4-8-20-16)23-10-15(22)21-11-5-2-1-3-6-11/h1-9H,10H2,(H,21,22). The molecule has 1 N–H and O–H groups in total. The van der Waals surface area contributed by atoms with Crippen molar-refractivity contribution in [3.05, 3.63) is 63.7 Å². The van der Waals surface area contributed by atoms with Gasteiger partial charge in [-0.25, -0.2) is 0 Å². The number of pyridine rings is 1. The topological polar surface area (TPSA) is 51.2 Å². The number of halogens is 2. The van der Waals surface area contributed by atoms with E-state index in [4.69, 9.17) is 4.74 Å². The molecule has 6 heteroatoms. The molecule has 1 amide bonds. The second kappa shape index (κ2) is 7.10. The molecule has 116 valence electrons. The number of anilines is 1. The predicted octanol–water partition coefficient (Wildman–Crippen LogP) is 4.78. The van der Waals surface area contributed by atoms with Crippen LogP contribution in [0.25, 0.3) is 10.9 Å². The van der Waals surface area contributed by atoms with Gasteiger partial charge in [0, 0.05) is 21.7 Å². The van der Waals surface area contributed by atoms with Crippen LogP contribution >= 0.6 is 31.9 Å². The van der Waals surface area contributed by atoms with Crippen LogP contribution in [0, 0.1) is 0 Å². The highest BCUT2D eigenvalue weighted by molar-refractivity contribution is 9.11. The lowest BCUT2D eigenvalue weighted by Crippen LogP contribution is -2.20. The number of carbonyl (C=O) groups is 1. The fourth-order valence-electron chi connectivity index (χ4n) is 2.14. The molecule has 0 radical (unpaired) electrons. The lowest BCUT2D eigenvalue weighted by atomic mass is 10.2. The average molecular weight is 436 g/mol. The van der Waals surface area contributed by atoms with Crippen molar-refractivity contribution in [3.63, 3.8) is 0 Å². The largest absolute Gasteiger partial charge is 0.480 e. The number of aromatic nitrogens is 1. The molecule has 0 aliphatic carbocycles. The molecule has 0 fully saturated rings. The van der Waals surface area contributed by atoms with E-state index in [9.17, 15) is 4.79 Å². The maximum Gasteiger partial charge on any atom is 0.262 e. The van der Waals surface area contributed by atoms with Crippen LogP contribution < -0.4 is 10.1 Å². The summed E-state index contributed by atoms with van der Waals surface area (Å²) in [7, 11) is 0. The Kier molecular flexibility index (Phi) is 4.93. The summed E-state index contributed by atoms with van der Waals surface area (Å²) in [5.74, 6) is 0.321. The molecule has 2 aromatic carbocycles. The Morgan fingerprint density at radius 3 is 2.65 bits per heavy atom. The number of carbonyl (C=O) groups excluding carboxylic acids is 1. The molecule has 0 aliphatic rings. The van der Waals surface area contributed by atoms with Gasteiger partial charge in [-0.15, -0.1) is 0 Å². The number of para-hydroxylation sites is 1. The Morgan fingerprint density at radius 2 is 1.87 bits per heavy atom. The predicted molar refractivity (Wildman–Crippen MR) is 97.7 cm³/mol. The number of nitrogens with one attached hydrogen (secondary N) is 1. The monoisotopic (exact) mass is 434 g/mol. The lowest BCUT2D eigenvalue weighted by molar-refractivity contribution is -0.118. The molecule has 0 saturated carbocycles. The molecule has 0 spiro atoms. The maximum absolute atomic E-state index is 12.0. The van der Waals surface area contributed by atoms with Gasteiger partial charge in [0.2, 0.25) is 0 Å². The van der Waals surface area contributed by atoms with Crippen molar-refractivity contribution < 1.29 is 9.53 Å². The van der Waals surface area contributed by atoms with E-state index in [0.717, 1.165) is 20.0 Å². The normalized spacial score (nSPS) is 10.5. The number of ether oxygens (including phenoxy) is 1.